The predicted octanol–water partition coefficient (Wildman–Crippen LogP) is 7.96. The van der Waals surface area contributed by atoms with Crippen LogP contribution in [0.1, 0.15) is 22.3 Å². The highest BCUT2D eigenvalue weighted by Gasteiger charge is 2.44. The van der Waals surface area contributed by atoms with Crippen molar-refractivity contribution in [1.29, 1.82) is 0 Å². The second-order valence-corrected chi connectivity index (χ2v) is 11.2. The van der Waals surface area contributed by atoms with Crippen molar-refractivity contribution in [3.05, 3.63) is 103 Å². The maximum absolute atomic E-state index is 14.2. The number of aryl methyl sites for hydroxylation is 2. The fraction of sp³-hybridized carbons (Fsp3) is 0.143. The summed E-state index contributed by atoms with van der Waals surface area (Å²) in [7, 11) is -5.37. The Bertz CT molecular complexity index is 1770. The number of fused-ring (bicyclic) bond motifs is 3. The molecule has 0 atom stereocenters. The molecule has 0 radical (unpaired) electrons. The van der Waals surface area contributed by atoms with Gasteiger partial charge >= 0.3 is 20.5 Å². The van der Waals surface area contributed by atoms with E-state index in [0.717, 1.165) is 36.4 Å². The highest BCUT2D eigenvalue weighted by Crippen LogP contribution is 2.62. The number of alkyl halides is 6. The summed E-state index contributed by atoms with van der Waals surface area (Å²) in [5, 5.41) is 22.4. The summed E-state index contributed by atoms with van der Waals surface area (Å²) in [5.74, 6) is -1.20. The lowest BCUT2D eigenvalue weighted by molar-refractivity contribution is -0.385. The molecule has 0 unspecified atom stereocenters. The molecule has 1 aliphatic heterocycles. The van der Waals surface area contributed by atoms with Crippen LogP contribution in [0.25, 0.3) is 33.4 Å². The van der Waals surface area contributed by atoms with Crippen molar-refractivity contribution in [1.82, 2.24) is 0 Å². The van der Waals surface area contributed by atoms with Crippen LogP contribution in [0.15, 0.2) is 60.7 Å². The molecule has 0 saturated heterocycles. The standard InChI is InChI=1S/C28H17F6N2O8P/c1-13-3-7-19(17-9-5-15(35(37)38)11-21(17)27(29,30)31)25-23(13)24-14(2)4-8-20(26(24)44-45(41,42)43-25)18-10-6-16(36(39)40)12-22(18)28(32,33)34/h3-12H,1-2H3,(H,41,42). The summed E-state index contributed by atoms with van der Waals surface area (Å²) in [5.41, 5.74) is -6.54. The molecule has 0 saturated carbocycles. The van der Waals surface area contributed by atoms with E-state index < -0.39 is 86.6 Å². The van der Waals surface area contributed by atoms with Crippen molar-refractivity contribution in [2.24, 2.45) is 0 Å². The predicted molar refractivity (Wildman–Crippen MR) is 146 cm³/mol. The first-order chi connectivity index (χ1) is 20.8. The van der Waals surface area contributed by atoms with Crippen LogP contribution in [-0.4, -0.2) is 14.7 Å². The van der Waals surface area contributed by atoms with Crippen LogP contribution in [-0.2, 0) is 12.4 Å². The van der Waals surface area contributed by atoms with Gasteiger partial charge in [-0.3, -0.25) is 29.3 Å². The molecule has 0 spiro atoms. The number of nitrogens with zero attached hydrogens (tertiary/aromatic N) is 2. The van der Waals surface area contributed by atoms with Crippen molar-refractivity contribution in [2.45, 2.75) is 26.2 Å². The topological polar surface area (TPSA) is 148 Å². The van der Waals surface area contributed by atoms with Gasteiger partial charge in [-0.25, -0.2) is 0 Å². The van der Waals surface area contributed by atoms with Crippen LogP contribution < -0.4 is 13.9 Å². The number of halogens is 6. The van der Waals surface area contributed by atoms with Gasteiger partial charge in [-0.1, -0.05) is 24.3 Å². The molecule has 0 aromatic heterocycles. The average Bonchev–Trinajstić information content (AvgIpc) is 3.05. The van der Waals surface area contributed by atoms with Gasteiger partial charge in [0.25, 0.3) is 11.4 Å². The Labute approximate surface area is 249 Å². The van der Waals surface area contributed by atoms with E-state index in [1.54, 1.807) is 0 Å². The number of hydrogen-bond donors (Lipinski definition) is 1. The zero-order valence-electron chi connectivity index (χ0n) is 22.7. The first kappa shape index (κ1) is 31.6. The number of phosphoric acid groups is 1. The van der Waals surface area contributed by atoms with E-state index in [-0.39, 0.29) is 34.4 Å². The third-order valence-electron chi connectivity index (χ3n) is 7.01. The first-order valence-corrected chi connectivity index (χ1v) is 14.0. The van der Waals surface area contributed by atoms with Gasteiger partial charge in [0.2, 0.25) is 0 Å². The molecule has 0 bridgehead atoms. The number of benzene rings is 4. The van der Waals surface area contributed by atoms with Crippen molar-refractivity contribution >= 4 is 19.5 Å². The second-order valence-electron chi connectivity index (χ2n) is 9.89. The van der Waals surface area contributed by atoms with Crippen LogP contribution in [0.5, 0.6) is 11.5 Å². The number of hydrogen-bond acceptors (Lipinski definition) is 8. The summed E-state index contributed by atoms with van der Waals surface area (Å²) in [6, 6.07) is 8.68. The van der Waals surface area contributed by atoms with Crippen LogP contribution in [0.4, 0.5) is 37.7 Å². The lowest BCUT2D eigenvalue weighted by Gasteiger charge is -2.22. The van der Waals surface area contributed by atoms with E-state index in [1.165, 1.54) is 26.0 Å². The molecule has 10 nitrogen and oxygen atoms in total. The average molecular weight is 654 g/mol. The smallest absolute Gasteiger partial charge is 0.470 e. The van der Waals surface area contributed by atoms with E-state index in [9.17, 15) is 56.4 Å². The van der Waals surface area contributed by atoms with Gasteiger partial charge in [0.1, 0.15) is 0 Å². The lowest BCUT2D eigenvalue weighted by atomic mass is 9.86. The third kappa shape index (κ3) is 5.75. The monoisotopic (exact) mass is 654 g/mol. The molecule has 0 amide bonds. The summed E-state index contributed by atoms with van der Waals surface area (Å²) < 4.78 is 95.5. The molecule has 1 heterocycles. The minimum absolute atomic E-state index is 0.101. The molecule has 1 aliphatic rings. The molecule has 0 aliphatic carbocycles. The zero-order valence-corrected chi connectivity index (χ0v) is 23.6. The number of rotatable bonds is 4. The van der Waals surface area contributed by atoms with Crippen molar-refractivity contribution in [3.8, 4) is 44.9 Å². The number of nitro benzene ring substituents is 2. The highest BCUT2D eigenvalue weighted by atomic mass is 31.2. The Morgan fingerprint density at radius 2 is 0.978 bits per heavy atom. The quantitative estimate of drug-likeness (QED) is 0.101. The Kier molecular flexibility index (Phi) is 7.51. The number of phosphoric ester groups is 1. The molecule has 17 heteroatoms. The molecule has 234 valence electrons. The van der Waals surface area contributed by atoms with E-state index in [2.05, 4.69) is 0 Å². The van der Waals surface area contributed by atoms with Crippen LogP contribution in [0.3, 0.4) is 0 Å². The fourth-order valence-electron chi connectivity index (χ4n) is 5.08. The minimum Gasteiger partial charge on any atom is -0.591 e. The number of non-ortho nitro benzene ring substituents is 2. The van der Waals surface area contributed by atoms with Gasteiger partial charge < -0.3 is 4.89 Å². The van der Waals surface area contributed by atoms with E-state index in [1.807, 2.05) is 0 Å². The molecular formula is C28H17F6N2O8P. The van der Waals surface area contributed by atoms with Crippen molar-refractivity contribution in [3.63, 3.8) is 0 Å². The van der Waals surface area contributed by atoms with Gasteiger partial charge in [-0.2, -0.15) is 31.2 Å². The highest BCUT2D eigenvalue weighted by molar-refractivity contribution is 7.53. The van der Waals surface area contributed by atoms with Crippen molar-refractivity contribution < 1.29 is 55.0 Å². The lowest BCUT2D eigenvalue weighted by Crippen LogP contribution is -2.20. The summed E-state index contributed by atoms with van der Waals surface area (Å²) in [4.78, 5) is 44.4. The first-order valence-electron chi connectivity index (χ1n) is 12.5. The van der Waals surface area contributed by atoms with Gasteiger partial charge in [0, 0.05) is 46.5 Å². The normalized spacial score (nSPS) is 14.0. The maximum atomic E-state index is 14.2. The molecule has 5 rings (SSSR count). The molecule has 4 aromatic carbocycles. The number of nitro groups is 2. The van der Waals surface area contributed by atoms with Gasteiger partial charge in [0.15, 0.2) is 11.5 Å². The molecule has 1 N–H and O–H groups in total. The van der Waals surface area contributed by atoms with E-state index >= 15 is 0 Å². The van der Waals surface area contributed by atoms with Crippen molar-refractivity contribution in [2.75, 3.05) is 0 Å². The zero-order chi connectivity index (χ0) is 33.2. The Morgan fingerprint density at radius 1 is 0.644 bits per heavy atom. The van der Waals surface area contributed by atoms with Crippen LogP contribution >= 0.6 is 8.17 Å². The van der Waals surface area contributed by atoms with Gasteiger partial charge in [-0.15, -0.1) is 0 Å². The SMILES string of the molecule is Cc1ccc(-c2ccc([N+](=O)[O-])cc2C(F)(F)F)c2c1-c1c(C)ccc(-c3ccc([N+](=O)[O-])cc3C(F)(F)F)c1O[P+]([O-])(O)O2. The molecule has 0 fully saturated rings. The van der Waals surface area contributed by atoms with E-state index in [4.69, 9.17) is 9.05 Å². The fourth-order valence-corrected chi connectivity index (χ4v) is 5.96. The third-order valence-corrected chi connectivity index (χ3v) is 7.84. The Balaban J connectivity index is 1.87. The van der Waals surface area contributed by atoms with Crippen LogP contribution in [0.2, 0.25) is 0 Å². The summed E-state index contributed by atoms with van der Waals surface area (Å²) >= 11 is 0. The van der Waals surface area contributed by atoms with Gasteiger partial charge in [0.05, 0.1) is 21.0 Å². The molecular weight excluding hydrogens is 637 g/mol. The summed E-state index contributed by atoms with van der Waals surface area (Å²) in [6.07, 6.45) is -10.3. The van der Waals surface area contributed by atoms with Gasteiger partial charge in [-0.05, 0) is 48.2 Å². The maximum Gasteiger partial charge on any atom is 0.470 e. The van der Waals surface area contributed by atoms with Crippen LogP contribution in [0, 0.1) is 34.1 Å². The Morgan fingerprint density at radius 3 is 1.29 bits per heavy atom. The summed E-state index contributed by atoms with van der Waals surface area (Å²) in [6.45, 7) is 2.92. The largest absolute Gasteiger partial charge is 0.591 e. The molecule has 45 heavy (non-hydrogen) atoms. The van der Waals surface area contributed by atoms with E-state index in [0.29, 0.717) is 0 Å². The second kappa shape index (κ2) is 10.7. The molecule has 4 aromatic rings. The Hall–Kier alpha value is -4.79. The minimum atomic E-state index is -5.37.